The van der Waals surface area contributed by atoms with Crippen LogP contribution >= 0.6 is 0 Å². The number of hydrogen-bond donors (Lipinski definition) is 2. The molecule has 0 amide bonds. The molecule has 0 aliphatic carbocycles. The van der Waals surface area contributed by atoms with Gasteiger partial charge in [-0.3, -0.25) is 0 Å². The Balaban J connectivity index is 2.97. The highest BCUT2D eigenvalue weighted by Crippen LogP contribution is 1.82. The van der Waals surface area contributed by atoms with E-state index in [-0.39, 0.29) is 6.61 Å². The molecular formula is C7H17NO2. The molecule has 2 N–H and O–H groups in total. The maximum atomic E-state index is 8.44. The Labute approximate surface area is 62.4 Å². The molecule has 0 fully saturated rings. The van der Waals surface area contributed by atoms with Gasteiger partial charge in [0.1, 0.15) is 0 Å². The lowest BCUT2D eigenvalue weighted by molar-refractivity contribution is 0.170. The Hall–Kier alpha value is -0.120. The van der Waals surface area contributed by atoms with Crippen LogP contribution in [0.2, 0.25) is 0 Å². The van der Waals surface area contributed by atoms with E-state index in [9.17, 15) is 0 Å². The van der Waals surface area contributed by atoms with Crippen LogP contribution in [-0.4, -0.2) is 38.0 Å². The first-order chi connectivity index (χ1) is 4.81. The van der Waals surface area contributed by atoms with E-state index in [1.165, 1.54) is 0 Å². The third kappa shape index (κ3) is 6.01. The van der Waals surface area contributed by atoms with Gasteiger partial charge in [-0.05, 0) is 19.9 Å². The van der Waals surface area contributed by atoms with Crippen LogP contribution < -0.4 is 5.32 Å². The minimum Gasteiger partial charge on any atom is -0.396 e. The molecule has 0 bridgehead atoms. The zero-order chi connectivity index (χ0) is 7.82. The number of ether oxygens (including phenoxy) is 1. The van der Waals surface area contributed by atoms with E-state index < -0.39 is 0 Å². The summed E-state index contributed by atoms with van der Waals surface area (Å²) in [5.74, 6) is 0. The number of hydrogen-bond acceptors (Lipinski definition) is 3. The molecule has 0 spiro atoms. The van der Waals surface area contributed by atoms with Gasteiger partial charge in [0, 0.05) is 19.8 Å². The van der Waals surface area contributed by atoms with Crippen molar-refractivity contribution in [1.82, 2.24) is 5.32 Å². The highest BCUT2D eigenvalue weighted by atomic mass is 16.5. The Morgan fingerprint density at radius 1 is 1.60 bits per heavy atom. The Morgan fingerprint density at radius 2 is 2.30 bits per heavy atom. The number of nitrogens with one attached hydrogen (secondary N) is 1. The fourth-order valence-corrected chi connectivity index (χ4v) is 0.736. The molecule has 0 saturated heterocycles. The summed E-state index contributed by atoms with van der Waals surface area (Å²) in [5, 5.41) is 11.6. The number of rotatable bonds is 6. The Morgan fingerprint density at radius 3 is 2.80 bits per heavy atom. The van der Waals surface area contributed by atoms with E-state index in [0.29, 0.717) is 6.04 Å². The molecule has 0 aliphatic heterocycles. The van der Waals surface area contributed by atoms with Crippen LogP contribution in [0.4, 0.5) is 0 Å². The van der Waals surface area contributed by atoms with Gasteiger partial charge in [0.25, 0.3) is 0 Å². The van der Waals surface area contributed by atoms with E-state index in [2.05, 4.69) is 12.2 Å². The molecule has 0 unspecified atom stereocenters. The highest BCUT2D eigenvalue weighted by molar-refractivity contribution is 4.57. The minimum absolute atomic E-state index is 0.257. The molecule has 1 atom stereocenters. The van der Waals surface area contributed by atoms with Crippen LogP contribution in [0.3, 0.4) is 0 Å². The van der Waals surface area contributed by atoms with Crippen molar-refractivity contribution in [3.05, 3.63) is 0 Å². The predicted molar refractivity (Wildman–Crippen MR) is 41.0 cm³/mol. The second-order valence-corrected chi connectivity index (χ2v) is 2.39. The van der Waals surface area contributed by atoms with Crippen molar-refractivity contribution in [2.45, 2.75) is 19.4 Å². The van der Waals surface area contributed by atoms with Crippen LogP contribution in [0.1, 0.15) is 13.3 Å². The lowest BCUT2D eigenvalue weighted by atomic mass is 10.3. The summed E-state index contributed by atoms with van der Waals surface area (Å²) in [5.41, 5.74) is 0. The molecule has 10 heavy (non-hydrogen) atoms. The van der Waals surface area contributed by atoms with Gasteiger partial charge in [-0.15, -0.1) is 0 Å². The molecule has 0 aromatic carbocycles. The smallest absolute Gasteiger partial charge is 0.0613 e. The lowest BCUT2D eigenvalue weighted by Gasteiger charge is -2.11. The van der Waals surface area contributed by atoms with Gasteiger partial charge in [-0.1, -0.05) is 0 Å². The molecule has 0 aliphatic rings. The topological polar surface area (TPSA) is 41.5 Å². The second kappa shape index (κ2) is 6.99. The summed E-state index contributed by atoms with van der Waals surface area (Å²) in [4.78, 5) is 0. The number of methoxy groups -OCH3 is 1. The van der Waals surface area contributed by atoms with Crippen molar-refractivity contribution in [3.8, 4) is 0 Å². The largest absolute Gasteiger partial charge is 0.396 e. The zero-order valence-electron chi connectivity index (χ0n) is 6.76. The van der Waals surface area contributed by atoms with Crippen molar-refractivity contribution in [1.29, 1.82) is 0 Å². The summed E-state index contributed by atoms with van der Waals surface area (Å²) < 4.78 is 4.91. The van der Waals surface area contributed by atoms with Crippen LogP contribution in [-0.2, 0) is 4.74 Å². The predicted octanol–water partition coefficient (Wildman–Crippen LogP) is -0.00670. The van der Waals surface area contributed by atoms with Crippen LogP contribution in [0.5, 0.6) is 0 Å². The van der Waals surface area contributed by atoms with Gasteiger partial charge < -0.3 is 15.2 Å². The summed E-state index contributed by atoms with van der Waals surface area (Å²) in [7, 11) is 1.68. The first-order valence-corrected chi connectivity index (χ1v) is 3.64. The van der Waals surface area contributed by atoms with Crippen molar-refractivity contribution < 1.29 is 9.84 Å². The van der Waals surface area contributed by atoms with Gasteiger partial charge in [0.15, 0.2) is 0 Å². The maximum Gasteiger partial charge on any atom is 0.0613 e. The first-order valence-electron chi connectivity index (χ1n) is 3.64. The third-order valence-corrected chi connectivity index (χ3v) is 1.24. The Kier molecular flexibility index (Phi) is 6.91. The first kappa shape index (κ1) is 9.88. The molecule has 0 heterocycles. The quantitative estimate of drug-likeness (QED) is 0.519. The van der Waals surface area contributed by atoms with Gasteiger partial charge >= 0.3 is 0 Å². The SMILES string of the molecule is COC[C@H](C)NCCCO. The van der Waals surface area contributed by atoms with E-state index in [4.69, 9.17) is 9.84 Å². The fraction of sp³-hybridized carbons (Fsp3) is 1.00. The molecule has 0 radical (unpaired) electrons. The van der Waals surface area contributed by atoms with E-state index >= 15 is 0 Å². The average Bonchev–Trinajstić information content (AvgIpc) is 1.89. The maximum absolute atomic E-state index is 8.44. The summed E-state index contributed by atoms with van der Waals surface area (Å²) in [6, 6.07) is 0.386. The third-order valence-electron chi connectivity index (χ3n) is 1.24. The fourth-order valence-electron chi connectivity index (χ4n) is 0.736. The van der Waals surface area contributed by atoms with E-state index in [1.54, 1.807) is 7.11 Å². The van der Waals surface area contributed by atoms with Crippen molar-refractivity contribution in [2.75, 3.05) is 26.9 Å². The van der Waals surface area contributed by atoms with Crippen molar-refractivity contribution >= 4 is 0 Å². The molecule has 3 nitrogen and oxygen atoms in total. The van der Waals surface area contributed by atoms with Crippen molar-refractivity contribution in [2.24, 2.45) is 0 Å². The van der Waals surface area contributed by atoms with Crippen LogP contribution in [0.15, 0.2) is 0 Å². The molecule has 0 aromatic heterocycles. The molecule has 62 valence electrons. The van der Waals surface area contributed by atoms with Gasteiger partial charge in [0.2, 0.25) is 0 Å². The van der Waals surface area contributed by atoms with E-state index in [0.717, 1.165) is 19.6 Å². The molecule has 0 aromatic rings. The minimum atomic E-state index is 0.257. The van der Waals surface area contributed by atoms with Gasteiger partial charge in [-0.25, -0.2) is 0 Å². The molecule has 0 saturated carbocycles. The monoisotopic (exact) mass is 147 g/mol. The van der Waals surface area contributed by atoms with Crippen LogP contribution in [0.25, 0.3) is 0 Å². The summed E-state index contributed by atoms with van der Waals surface area (Å²) in [6.45, 7) is 3.90. The van der Waals surface area contributed by atoms with Gasteiger partial charge in [-0.2, -0.15) is 0 Å². The number of aliphatic hydroxyl groups is 1. The standard InChI is InChI=1S/C7H17NO2/c1-7(6-10-2)8-4-3-5-9/h7-9H,3-6H2,1-2H3/t7-/m0/s1. The molecular weight excluding hydrogens is 130 g/mol. The van der Waals surface area contributed by atoms with Crippen LogP contribution in [0, 0.1) is 0 Å². The molecule has 3 heteroatoms. The average molecular weight is 147 g/mol. The van der Waals surface area contributed by atoms with E-state index in [1.807, 2.05) is 0 Å². The second-order valence-electron chi connectivity index (χ2n) is 2.39. The Bertz CT molecular complexity index is 68.6. The number of aliphatic hydroxyl groups excluding tert-OH is 1. The molecule has 0 rings (SSSR count). The summed E-state index contributed by atoms with van der Waals surface area (Å²) >= 11 is 0. The lowest BCUT2D eigenvalue weighted by Crippen LogP contribution is -2.31. The van der Waals surface area contributed by atoms with Gasteiger partial charge in [0.05, 0.1) is 6.61 Å². The normalized spacial score (nSPS) is 13.5. The van der Waals surface area contributed by atoms with Crippen molar-refractivity contribution in [3.63, 3.8) is 0 Å². The zero-order valence-corrected chi connectivity index (χ0v) is 6.76. The highest BCUT2D eigenvalue weighted by Gasteiger charge is 1.97. The summed E-state index contributed by atoms with van der Waals surface area (Å²) in [6.07, 6.45) is 0.814.